The summed E-state index contributed by atoms with van der Waals surface area (Å²) in [6, 6.07) is 7.48. The second kappa shape index (κ2) is 7.00. The van der Waals surface area contributed by atoms with E-state index in [4.69, 9.17) is 5.73 Å². The van der Waals surface area contributed by atoms with Crippen molar-refractivity contribution in [3.05, 3.63) is 28.2 Å². The Labute approximate surface area is 129 Å². The van der Waals surface area contributed by atoms with E-state index in [-0.39, 0.29) is 6.04 Å². The van der Waals surface area contributed by atoms with Gasteiger partial charge in [0.05, 0.1) is 0 Å². The van der Waals surface area contributed by atoms with Crippen LogP contribution in [0.5, 0.6) is 0 Å². The highest BCUT2D eigenvalue weighted by atomic mass is 79.9. The highest BCUT2D eigenvalue weighted by molar-refractivity contribution is 9.10. The minimum Gasteiger partial charge on any atom is -0.367 e. The normalized spacial score (nSPS) is 21.5. The lowest BCUT2D eigenvalue weighted by molar-refractivity contribution is 0.638. The molecule has 2 atom stereocenters. The molecule has 106 valence electrons. The van der Waals surface area contributed by atoms with E-state index >= 15 is 0 Å². The smallest absolute Gasteiger partial charge is 0.0403 e. The van der Waals surface area contributed by atoms with Crippen LogP contribution in [0.3, 0.4) is 0 Å². The highest BCUT2D eigenvalue weighted by Crippen LogP contribution is 2.30. The number of rotatable bonds is 4. The summed E-state index contributed by atoms with van der Waals surface area (Å²) >= 11 is 5.64. The molecule has 0 bridgehead atoms. The molecule has 1 fully saturated rings. The number of benzene rings is 1. The third-order valence-electron chi connectivity index (χ3n) is 3.73. The van der Waals surface area contributed by atoms with E-state index in [1.165, 1.54) is 22.8 Å². The number of nitrogens with zero attached hydrogens (tertiary/aromatic N) is 1. The molecule has 2 rings (SSSR count). The van der Waals surface area contributed by atoms with Crippen molar-refractivity contribution in [1.82, 2.24) is 0 Å². The van der Waals surface area contributed by atoms with Gasteiger partial charge in [-0.05, 0) is 43.5 Å². The average Bonchev–Trinajstić information content (AvgIpc) is 2.40. The molecule has 1 aromatic rings. The summed E-state index contributed by atoms with van der Waals surface area (Å²) in [5.74, 6) is 2.44. The van der Waals surface area contributed by atoms with Gasteiger partial charge in [0.15, 0.2) is 0 Å². The number of anilines is 1. The number of hydrogen-bond donors (Lipinski definition) is 1. The third-order valence-corrected chi connectivity index (χ3v) is 5.41. The monoisotopic (exact) mass is 342 g/mol. The number of thioether (sulfide) groups is 1. The van der Waals surface area contributed by atoms with Crippen molar-refractivity contribution < 1.29 is 0 Å². The second-order valence-electron chi connectivity index (χ2n) is 5.26. The van der Waals surface area contributed by atoms with Crippen LogP contribution >= 0.6 is 27.7 Å². The molecule has 0 aromatic heterocycles. The summed E-state index contributed by atoms with van der Waals surface area (Å²) in [7, 11) is 0. The summed E-state index contributed by atoms with van der Waals surface area (Å²) in [5.41, 5.74) is 8.90. The van der Waals surface area contributed by atoms with Gasteiger partial charge in [-0.15, -0.1) is 0 Å². The lowest BCUT2D eigenvalue weighted by atomic mass is 10.0. The van der Waals surface area contributed by atoms with Crippen LogP contribution in [0.4, 0.5) is 5.69 Å². The summed E-state index contributed by atoms with van der Waals surface area (Å²) in [5, 5.41) is 0. The van der Waals surface area contributed by atoms with Crippen LogP contribution in [-0.2, 0) is 6.42 Å². The molecule has 19 heavy (non-hydrogen) atoms. The average molecular weight is 343 g/mol. The quantitative estimate of drug-likeness (QED) is 0.904. The lowest BCUT2D eigenvalue weighted by Gasteiger charge is -2.36. The lowest BCUT2D eigenvalue weighted by Crippen LogP contribution is -2.41. The summed E-state index contributed by atoms with van der Waals surface area (Å²) < 4.78 is 1.15. The van der Waals surface area contributed by atoms with Gasteiger partial charge in [0.2, 0.25) is 0 Å². The first-order valence-electron chi connectivity index (χ1n) is 7.00. The first kappa shape index (κ1) is 15.2. The molecule has 1 aliphatic heterocycles. The molecule has 2 nitrogen and oxygen atoms in total. The zero-order valence-electron chi connectivity index (χ0n) is 11.7. The topological polar surface area (TPSA) is 29.3 Å². The Balaban J connectivity index is 2.27. The van der Waals surface area contributed by atoms with Gasteiger partial charge in [0, 0.05) is 40.3 Å². The van der Waals surface area contributed by atoms with Crippen LogP contribution in [0.2, 0.25) is 0 Å². The minimum absolute atomic E-state index is 0.252. The molecule has 1 aromatic carbocycles. The maximum Gasteiger partial charge on any atom is 0.0403 e. The van der Waals surface area contributed by atoms with Crippen LogP contribution < -0.4 is 10.6 Å². The van der Waals surface area contributed by atoms with Crippen molar-refractivity contribution in [3.63, 3.8) is 0 Å². The van der Waals surface area contributed by atoms with Gasteiger partial charge in [-0.25, -0.2) is 0 Å². The van der Waals surface area contributed by atoms with Crippen LogP contribution in [0.1, 0.15) is 25.8 Å². The van der Waals surface area contributed by atoms with Gasteiger partial charge in [0.1, 0.15) is 0 Å². The Morgan fingerprint density at radius 1 is 1.53 bits per heavy atom. The van der Waals surface area contributed by atoms with Crippen LogP contribution in [0.25, 0.3) is 0 Å². The predicted octanol–water partition coefficient (Wildman–Crippen LogP) is 3.67. The fraction of sp³-hybridized carbons (Fsp3) is 0.600. The largest absolute Gasteiger partial charge is 0.367 e. The molecule has 2 N–H and O–H groups in total. The van der Waals surface area contributed by atoms with Crippen molar-refractivity contribution in [1.29, 1.82) is 0 Å². The minimum atomic E-state index is 0.252. The van der Waals surface area contributed by atoms with Crippen molar-refractivity contribution in [3.8, 4) is 0 Å². The molecule has 0 saturated carbocycles. The molecular formula is C15H23BrN2S. The Bertz CT molecular complexity index is 425. The van der Waals surface area contributed by atoms with Crippen molar-refractivity contribution in [2.75, 3.05) is 23.0 Å². The van der Waals surface area contributed by atoms with Crippen molar-refractivity contribution >= 4 is 33.4 Å². The Kier molecular flexibility index (Phi) is 5.60. The molecule has 0 spiro atoms. The molecule has 1 saturated heterocycles. The fourth-order valence-corrected chi connectivity index (χ4v) is 3.93. The van der Waals surface area contributed by atoms with Crippen LogP contribution in [0, 0.1) is 0 Å². The number of hydrogen-bond acceptors (Lipinski definition) is 3. The Morgan fingerprint density at radius 3 is 3.00 bits per heavy atom. The third kappa shape index (κ3) is 3.89. The summed E-state index contributed by atoms with van der Waals surface area (Å²) in [4.78, 5) is 2.54. The second-order valence-corrected chi connectivity index (χ2v) is 7.33. The van der Waals surface area contributed by atoms with Crippen LogP contribution in [0.15, 0.2) is 22.7 Å². The molecule has 1 heterocycles. The summed E-state index contributed by atoms with van der Waals surface area (Å²) in [6.45, 7) is 5.61. The van der Waals surface area contributed by atoms with Crippen molar-refractivity contribution in [2.45, 2.75) is 38.8 Å². The molecule has 0 radical (unpaired) electrons. The maximum absolute atomic E-state index is 6.15. The van der Waals surface area contributed by atoms with E-state index < -0.39 is 0 Å². The molecule has 1 aliphatic rings. The number of nitrogens with two attached hydrogens (primary N) is 1. The van der Waals surface area contributed by atoms with Gasteiger partial charge in [-0.2, -0.15) is 11.8 Å². The molecule has 0 aliphatic carbocycles. The highest BCUT2D eigenvalue weighted by Gasteiger charge is 2.21. The van der Waals surface area contributed by atoms with Gasteiger partial charge in [0.25, 0.3) is 0 Å². The van der Waals surface area contributed by atoms with E-state index in [1.807, 2.05) is 0 Å². The zero-order valence-corrected chi connectivity index (χ0v) is 14.1. The standard InChI is InChI=1S/C15H23BrN2S/c1-3-14(17)9-12-8-13(16)4-5-15(12)18-6-7-19-10-11(18)2/h4-5,8,11,14H,3,6-7,9-10,17H2,1-2H3. The molecular weight excluding hydrogens is 320 g/mol. The van der Waals surface area contributed by atoms with Gasteiger partial charge < -0.3 is 10.6 Å². The van der Waals surface area contributed by atoms with E-state index in [2.05, 4.69) is 64.6 Å². The van der Waals surface area contributed by atoms with E-state index in [9.17, 15) is 0 Å². The Hall–Kier alpha value is -0.190. The first-order chi connectivity index (χ1) is 9.11. The fourth-order valence-electron chi connectivity index (χ4n) is 2.51. The number of halogens is 1. The van der Waals surface area contributed by atoms with Crippen LogP contribution in [-0.4, -0.2) is 30.1 Å². The zero-order chi connectivity index (χ0) is 13.8. The molecule has 4 heteroatoms. The maximum atomic E-state index is 6.15. The van der Waals surface area contributed by atoms with E-state index in [0.29, 0.717) is 6.04 Å². The molecule has 2 unspecified atom stereocenters. The van der Waals surface area contributed by atoms with Gasteiger partial charge in [-0.3, -0.25) is 0 Å². The van der Waals surface area contributed by atoms with E-state index in [0.717, 1.165) is 23.9 Å². The first-order valence-corrected chi connectivity index (χ1v) is 8.95. The van der Waals surface area contributed by atoms with Gasteiger partial charge >= 0.3 is 0 Å². The SMILES string of the molecule is CCC(N)Cc1cc(Br)ccc1N1CCSCC1C. The predicted molar refractivity (Wildman–Crippen MR) is 90.2 cm³/mol. The molecule has 0 amide bonds. The summed E-state index contributed by atoms with van der Waals surface area (Å²) in [6.07, 6.45) is 1.99. The van der Waals surface area contributed by atoms with E-state index in [1.54, 1.807) is 0 Å². The van der Waals surface area contributed by atoms with Crippen molar-refractivity contribution in [2.24, 2.45) is 5.73 Å². The Morgan fingerprint density at radius 2 is 2.32 bits per heavy atom. The van der Waals surface area contributed by atoms with Gasteiger partial charge in [-0.1, -0.05) is 22.9 Å².